The zero-order valence-corrected chi connectivity index (χ0v) is 16.3. The first kappa shape index (κ1) is 19.3. The van der Waals surface area contributed by atoms with Crippen LogP contribution in [-0.2, 0) is 0 Å². The van der Waals surface area contributed by atoms with Gasteiger partial charge in [0.1, 0.15) is 0 Å². The van der Waals surface area contributed by atoms with Gasteiger partial charge in [0.25, 0.3) is 5.91 Å². The van der Waals surface area contributed by atoms with Gasteiger partial charge in [0.05, 0.1) is 23.4 Å². The number of amides is 1. The van der Waals surface area contributed by atoms with Crippen molar-refractivity contribution in [2.45, 2.75) is 0 Å². The summed E-state index contributed by atoms with van der Waals surface area (Å²) in [5.74, 6) is -0.704. The number of rotatable bonds is 4. The molecule has 1 aliphatic carbocycles. The first-order valence-electron chi connectivity index (χ1n) is 9.71. The van der Waals surface area contributed by atoms with E-state index in [1.54, 1.807) is 41.3 Å². The fraction of sp³-hybridized carbons (Fsp3) is 0.318. The fourth-order valence-corrected chi connectivity index (χ4v) is 3.91. The second-order valence-electron chi connectivity index (χ2n) is 7.36. The van der Waals surface area contributed by atoms with E-state index in [-0.39, 0.29) is 41.8 Å². The van der Waals surface area contributed by atoms with Gasteiger partial charge in [-0.05, 0) is 19.2 Å². The maximum Gasteiger partial charge on any atom is 0.256 e. The normalized spacial score (nSPS) is 16.4. The Morgan fingerprint density at radius 1 is 0.966 bits per heavy atom. The zero-order chi connectivity index (χ0) is 20.5. The number of aliphatic hydroxyl groups is 1. The summed E-state index contributed by atoms with van der Waals surface area (Å²) in [5.41, 5.74) is 1.87. The summed E-state index contributed by atoms with van der Waals surface area (Å²) < 4.78 is 0. The smallest absolute Gasteiger partial charge is 0.256 e. The van der Waals surface area contributed by atoms with Crippen molar-refractivity contribution in [3.8, 4) is 0 Å². The standard InChI is InChI=1S/C22H23N3O4/c1-24-9-11-25(12-10-24)22(29)17-7-6-16-18(19(17)23-8-13-26)21(28)15-5-3-2-4-14(15)20(16)27/h2-7,23,26H,8-13H2,1H3. The van der Waals surface area contributed by atoms with Gasteiger partial charge in [0, 0.05) is 49.4 Å². The zero-order valence-electron chi connectivity index (χ0n) is 16.3. The molecule has 0 radical (unpaired) electrons. The number of carbonyl (C=O) groups excluding carboxylic acids is 3. The van der Waals surface area contributed by atoms with Crippen LogP contribution in [0.25, 0.3) is 0 Å². The number of nitrogens with one attached hydrogen (secondary N) is 1. The third-order valence-corrected chi connectivity index (χ3v) is 5.53. The SMILES string of the molecule is CN1CCN(C(=O)c2ccc3c(c2NCCO)C(=O)c2ccccc2C3=O)CC1. The minimum absolute atomic E-state index is 0.162. The maximum absolute atomic E-state index is 13.2. The van der Waals surface area contributed by atoms with Crippen molar-refractivity contribution < 1.29 is 19.5 Å². The van der Waals surface area contributed by atoms with Crippen LogP contribution in [-0.4, -0.2) is 78.8 Å². The van der Waals surface area contributed by atoms with E-state index in [0.717, 1.165) is 13.1 Å². The van der Waals surface area contributed by atoms with Gasteiger partial charge in [-0.2, -0.15) is 0 Å². The first-order chi connectivity index (χ1) is 14.0. The lowest BCUT2D eigenvalue weighted by Crippen LogP contribution is -2.47. The van der Waals surface area contributed by atoms with Gasteiger partial charge in [-0.1, -0.05) is 24.3 Å². The molecule has 4 rings (SSSR count). The van der Waals surface area contributed by atoms with Crippen LogP contribution in [0.5, 0.6) is 0 Å². The Morgan fingerprint density at radius 2 is 1.62 bits per heavy atom. The van der Waals surface area contributed by atoms with Crippen LogP contribution >= 0.6 is 0 Å². The molecule has 1 saturated heterocycles. The molecule has 2 aromatic carbocycles. The number of ketones is 2. The lowest BCUT2D eigenvalue weighted by Gasteiger charge is -2.33. The number of likely N-dealkylation sites (N-methyl/N-ethyl adjacent to an activating group) is 1. The molecule has 0 atom stereocenters. The molecule has 0 unspecified atom stereocenters. The van der Waals surface area contributed by atoms with Crippen molar-refractivity contribution in [1.29, 1.82) is 0 Å². The fourth-order valence-electron chi connectivity index (χ4n) is 3.91. The summed E-state index contributed by atoms with van der Waals surface area (Å²) in [7, 11) is 2.01. The van der Waals surface area contributed by atoms with E-state index in [1.807, 2.05) is 7.05 Å². The van der Waals surface area contributed by atoms with Crippen LogP contribution in [0.15, 0.2) is 36.4 Å². The summed E-state index contributed by atoms with van der Waals surface area (Å²) >= 11 is 0. The van der Waals surface area contributed by atoms with Gasteiger partial charge in [-0.3, -0.25) is 14.4 Å². The topological polar surface area (TPSA) is 89.9 Å². The summed E-state index contributed by atoms with van der Waals surface area (Å²) in [6, 6.07) is 9.89. The molecule has 0 spiro atoms. The molecule has 2 N–H and O–H groups in total. The highest BCUT2D eigenvalue weighted by Gasteiger charge is 2.34. The van der Waals surface area contributed by atoms with Gasteiger partial charge in [0.2, 0.25) is 0 Å². The van der Waals surface area contributed by atoms with Crippen molar-refractivity contribution in [2.75, 3.05) is 51.7 Å². The number of fused-ring (bicyclic) bond motifs is 2. The molecule has 1 heterocycles. The molecule has 1 aliphatic heterocycles. The van der Waals surface area contributed by atoms with Gasteiger partial charge in [-0.15, -0.1) is 0 Å². The van der Waals surface area contributed by atoms with Crippen molar-refractivity contribution in [2.24, 2.45) is 0 Å². The molecule has 29 heavy (non-hydrogen) atoms. The van der Waals surface area contributed by atoms with E-state index in [2.05, 4.69) is 10.2 Å². The van der Waals surface area contributed by atoms with Crippen LogP contribution < -0.4 is 5.32 Å². The molecule has 0 aromatic heterocycles. The van der Waals surface area contributed by atoms with E-state index < -0.39 is 0 Å². The number of hydrogen-bond acceptors (Lipinski definition) is 6. The Kier molecular flexibility index (Phi) is 5.17. The van der Waals surface area contributed by atoms with E-state index in [4.69, 9.17) is 0 Å². The summed E-state index contributed by atoms with van der Waals surface area (Å²) in [4.78, 5) is 43.3. The number of piperazine rings is 1. The molecule has 0 bridgehead atoms. The van der Waals surface area contributed by atoms with Crippen LogP contribution in [0.1, 0.15) is 42.2 Å². The number of nitrogens with zero attached hydrogens (tertiary/aromatic N) is 2. The Balaban J connectivity index is 1.81. The van der Waals surface area contributed by atoms with E-state index >= 15 is 0 Å². The highest BCUT2D eigenvalue weighted by Crippen LogP contribution is 2.34. The Morgan fingerprint density at radius 3 is 2.28 bits per heavy atom. The largest absolute Gasteiger partial charge is 0.395 e. The van der Waals surface area contributed by atoms with E-state index in [0.29, 0.717) is 35.5 Å². The summed E-state index contributed by atoms with van der Waals surface area (Å²) in [5, 5.41) is 12.3. The van der Waals surface area contributed by atoms with Gasteiger partial charge >= 0.3 is 0 Å². The Hall–Kier alpha value is -3.03. The molecule has 2 aromatic rings. The average Bonchev–Trinajstić information content (AvgIpc) is 2.75. The maximum atomic E-state index is 13.2. The molecule has 150 valence electrons. The number of carbonyl (C=O) groups is 3. The highest BCUT2D eigenvalue weighted by molar-refractivity contribution is 6.31. The Bertz CT molecular complexity index is 994. The quantitative estimate of drug-likeness (QED) is 0.694. The second-order valence-corrected chi connectivity index (χ2v) is 7.36. The van der Waals surface area contributed by atoms with Crippen LogP contribution in [0.2, 0.25) is 0 Å². The number of benzene rings is 2. The van der Waals surface area contributed by atoms with E-state index in [9.17, 15) is 19.5 Å². The minimum Gasteiger partial charge on any atom is -0.395 e. The third kappa shape index (κ3) is 3.32. The monoisotopic (exact) mass is 393 g/mol. The van der Waals surface area contributed by atoms with Gasteiger partial charge < -0.3 is 20.2 Å². The lowest BCUT2D eigenvalue weighted by atomic mass is 9.82. The van der Waals surface area contributed by atoms with Crippen molar-refractivity contribution in [1.82, 2.24) is 9.80 Å². The first-order valence-corrected chi connectivity index (χ1v) is 9.71. The van der Waals surface area contributed by atoms with Crippen molar-refractivity contribution >= 4 is 23.2 Å². The van der Waals surface area contributed by atoms with Crippen LogP contribution in [0.3, 0.4) is 0 Å². The molecule has 0 saturated carbocycles. The van der Waals surface area contributed by atoms with Crippen molar-refractivity contribution in [3.05, 3.63) is 64.2 Å². The molecular formula is C22H23N3O4. The van der Waals surface area contributed by atoms with Gasteiger partial charge in [0.15, 0.2) is 11.6 Å². The Labute approximate surface area is 168 Å². The lowest BCUT2D eigenvalue weighted by molar-refractivity contribution is 0.0664. The predicted molar refractivity (Wildman–Crippen MR) is 109 cm³/mol. The number of hydrogen-bond donors (Lipinski definition) is 2. The average molecular weight is 393 g/mol. The second kappa shape index (κ2) is 7.77. The number of aliphatic hydroxyl groups excluding tert-OH is 1. The third-order valence-electron chi connectivity index (χ3n) is 5.53. The minimum atomic E-state index is -0.288. The highest BCUT2D eigenvalue weighted by atomic mass is 16.3. The van der Waals surface area contributed by atoms with Gasteiger partial charge in [-0.25, -0.2) is 0 Å². The molecule has 1 fully saturated rings. The summed E-state index contributed by atoms with van der Waals surface area (Å²) in [6.07, 6.45) is 0. The van der Waals surface area contributed by atoms with E-state index in [1.165, 1.54) is 0 Å². The summed E-state index contributed by atoms with van der Waals surface area (Å²) in [6.45, 7) is 2.76. The number of anilines is 1. The molecule has 7 heteroatoms. The van der Waals surface area contributed by atoms with Crippen LogP contribution in [0, 0.1) is 0 Å². The molecule has 1 amide bonds. The molecule has 2 aliphatic rings. The molecule has 7 nitrogen and oxygen atoms in total. The molecular weight excluding hydrogens is 370 g/mol. The van der Waals surface area contributed by atoms with Crippen molar-refractivity contribution in [3.63, 3.8) is 0 Å². The van der Waals surface area contributed by atoms with Crippen LogP contribution in [0.4, 0.5) is 5.69 Å². The predicted octanol–water partition coefficient (Wildman–Crippen LogP) is 1.25.